The van der Waals surface area contributed by atoms with Crippen LogP contribution in [0.2, 0.25) is 5.02 Å². The van der Waals surface area contributed by atoms with E-state index in [2.05, 4.69) is 65.1 Å². The van der Waals surface area contributed by atoms with Crippen LogP contribution in [0.1, 0.15) is 88.8 Å². The molecule has 7 heteroatoms. The van der Waals surface area contributed by atoms with Crippen LogP contribution in [-0.2, 0) is 10.8 Å². The van der Waals surface area contributed by atoms with Crippen LogP contribution in [0.4, 0.5) is 0 Å². The topological polar surface area (TPSA) is 65.4 Å². The fourth-order valence-electron chi connectivity index (χ4n) is 4.95. The van der Waals surface area contributed by atoms with Crippen LogP contribution in [0.25, 0.3) is 16.9 Å². The molecule has 1 aromatic heterocycles. The first-order chi connectivity index (χ1) is 21.0. The number of nitrogens with zero attached hydrogens (tertiary/aromatic N) is 2. The molecule has 0 bridgehead atoms. The monoisotopic (exact) mass is 615 g/mol. The van der Waals surface area contributed by atoms with Crippen molar-refractivity contribution in [2.75, 3.05) is 20.3 Å². The van der Waals surface area contributed by atoms with Crippen molar-refractivity contribution >= 4 is 17.5 Å². The van der Waals surface area contributed by atoms with E-state index >= 15 is 0 Å². The smallest absolute Gasteiger partial charge is 0.270 e. The molecule has 234 valence electrons. The number of unbranched alkanes of at least 4 members (excludes halogenated alkanes) is 1. The van der Waals surface area contributed by atoms with Crippen molar-refractivity contribution in [2.24, 2.45) is 0 Å². The van der Waals surface area contributed by atoms with E-state index in [1.165, 1.54) is 11.1 Å². The Morgan fingerprint density at radius 1 is 0.909 bits per heavy atom. The van der Waals surface area contributed by atoms with E-state index in [1.54, 1.807) is 23.9 Å². The maximum atomic E-state index is 13.4. The van der Waals surface area contributed by atoms with Crippen LogP contribution >= 0.6 is 11.6 Å². The van der Waals surface area contributed by atoms with Gasteiger partial charge in [0.05, 0.1) is 30.1 Å². The average molecular weight is 616 g/mol. The number of aromatic nitrogens is 2. The lowest BCUT2D eigenvalue weighted by molar-refractivity contribution is 0.0944. The van der Waals surface area contributed by atoms with Crippen LogP contribution in [0.5, 0.6) is 11.5 Å². The molecular weight excluding hydrogens is 570 g/mol. The number of carbonyl (C=O) groups is 1. The lowest BCUT2D eigenvalue weighted by atomic mass is 9.76. The number of hydrogen-bond donors (Lipinski definition) is 1. The third-order valence-electron chi connectivity index (χ3n) is 8.78. The first kappa shape index (κ1) is 33.1. The molecular formula is C37H46ClN3O3. The van der Waals surface area contributed by atoms with Gasteiger partial charge < -0.3 is 14.8 Å². The average Bonchev–Trinajstić information content (AvgIpc) is 3.48. The highest BCUT2D eigenvalue weighted by Gasteiger charge is 2.26. The van der Waals surface area contributed by atoms with Crippen LogP contribution in [-0.4, -0.2) is 35.9 Å². The molecule has 0 fully saturated rings. The van der Waals surface area contributed by atoms with Crippen molar-refractivity contribution in [1.82, 2.24) is 15.1 Å². The van der Waals surface area contributed by atoms with Crippen molar-refractivity contribution in [2.45, 2.75) is 78.1 Å². The molecule has 1 heterocycles. The van der Waals surface area contributed by atoms with Gasteiger partial charge in [-0.2, -0.15) is 5.10 Å². The predicted molar refractivity (Wildman–Crippen MR) is 181 cm³/mol. The van der Waals surface area contributed by atoms with E-state index in [9.17, 15) is 4.79 Å². The summed E-state index contributed by atoms with van der Waals surface area (Å²) in [6.45, 7) is 14.7. The molecule has 0 aliphatic carbocycles. The second kappa shape index (κ2) is 14.3. The summed E-state index contributed by atoms with van der Waals surface area (Å²) in [6.07, 6.45) is 3.70. The number of carbonyl (C=O) groups excluding carboxylic acids is 1. The molecule has 1 amide bonds. The zero-order valence-electron chi connectivity index (χ0n) is 27.2. The second-order valence-corrected chi connectivity index (χ2v) is 12.9. The maximum Gasteiger partial charge on any atom is 0.270 e. The highest BCUT2D eigenvalue weighted by Crippen LogP contribution is 2.38. The lowest BCUT2D eigenvalue weighted by Crippen LogP contribution is -2.27. The van der Waals surface area contributed by atoms with Crippen LogP contribution < -0.4 is 14.8 Å². The van der Waals surface area contributed by atoms with Gasteiger partial charge in [-0.3, -0.25) is 4.79 Å². The normalized spacial score (nSPS) is 11.8. The summed E-state index contributed by atoms with van der Waals surface area (Å²) in [5.41, 5.74) is 5.34. The number of rotatable bonds is 14. The van der Waals surface area contributed by atoms with Gasteiger partial charge in [-0.15, -0.1) is 0 Å². The largest absolute Gasteiger partial charge is 0.497 e. The predicted octanol–water partition coefficient (Wildman–Crippen LogP) is 9.17. The summed E-state index contributed by atoms with van der Waals surface area (Å²) in [6, 6.07) is 23.4. The van der Waals surface area contributed by atoms with Gasteiger partial charge in [0.2, 0.25) is 0 Å². The Bertz CT molecular complexity index is 1560. The van der Waals surface area contributed by atoms with Gasteiger partial charge in [-0.1, -0.05) is 77.4 Å². The van der Waals surface area contributed by atoms with Gasteiger partial charge in [0.25, 0.3) is 5.91 Å². The van der Waals surface area contributed by atoms with Crippen LogP contribution in [0, 0.1) is 0 Å². The Hall–Kier alpha value is -3.77. The van der Waals surface area contributed by atoms with Crippen molar-refractivity contribution < 1.29 is 14.3 Å². The van der Waals surface area contributed by atoms with Crippen molar-refractivity contribution in [3.63, 3.8) is 0 Å². The Kier molecular flexibility index (Phi) is 10.8. The Morgan fingerprint density at radius 3 is 2.27 bits per heavy atom. The quantitative estimate of drug-likeness (QED) is 0.144. The van der Waals surface area contributed by atoms with Gasteiger partial charge in [-0.25, -0.2) is 4.68 Å². The molecule has 44 heavy (non-hydrogen) atoms. The van der Waals surface area contributed by atoms with Gasteiger partial charge in [0.15, 0.2) is 0 Å². The number of ether oxygens (including phenoxy) is 2. The number of benzene rings is 3. The molecule has 6 nitrogen and oxygen atoms in total. The van der Waals surface area contributed by atoms with Gasteiger partial charge >= 0.3 is 0 Å². The minimum absolute atomic E-state index is 0.0123. The zero-order valence-corrected chi connectivity index (χ0v) is 27.9. The van der Waals surface area contributed by atoms with Crippen LogP contribution in [0.15, 0.2) is 72.8 Å². The minimum atomic E-state index is -0.209. The van der Waals surface area contributed by atoms with E-state index in [1.807, 2.05) is 42.5 Å². The third-order valence-corrected chi connectivity index (χ3v) is 9.10. The van der Waals surface area contributed by atoms with E-state index < -0.39 is 0 Å². The fourth-order valence-corrected chi connectivity index (χ4v) is 5.17. The zero-order chi connectivity index (χ0) is 31.9. The number of hydrogen-bond acceptors (Lipinski definition) is 4. The van der Waals surface area contributed by atoms with Crippen molar-refractivity contribution in [1.29, 1.82) is 0 Å². The van der Waals surface area contributed by atoms with Crippen LogP contribution in [0.3, 0.4) is 0 Å². The second-order valence-electron chi connectivity index (χ2n) is 12.5. The molecule has 0 aliphatic heterocycles. The van der Waals surface area contributed by atoms with Gasteiger partial charge in [-0.05, 0) is 90.6 Å². The Balaban J connectivity index is 1.41. The lowest BCUT2D eigenvalue weighted by Gasteiger charge is -2.30. The highest BCUT2D eigenvalue weighted by atomic mass is 35.5. The Morgan fingerprint density at radius 2 is 1.61 bits per heavy atom. The molecule has 0 unspecified atom stereocenters. The van der Waals surface area contributed by atoms with Crippen molar-refractivity contribution in [3.8, 4) is 28.4 Å². The first-order valence-corrected chi connectivity index (χ1v) is 15.9. The van der Waals surface area contributed by atoms with Crippen molar-refractivity contribution in [3.05, 3.63) is 94.6 Å². The molecule has 1 N–H and O–H groups in total. The van der Waals surface area contributed by atoms with E-state index in [4.69, 9.17) is 26.2 Å². The number of methoxy groups -OCH3 is 1. The Labute approximate surface area is 267 Å². The summed E-state index contributed by atoms with van der Waals surface area (Å²) in [7, 11) is 1.63. The summed E-state index contributed by atoms with van der Waals surface area (Å²) in [5.74, 6) is 1.49. The molecule has 0 radical (unpaired) electrons. The SMILES string of the molecule is CCC(C)(C)c1ccc(OCCCCNC(=O)c2cc(-c3ccc(OC)cc3)nn2-c2ccccc2Cl)c(C(C)(C)CC)c1. The van der Waals surface area contributed by atoms with E-state index in [0.29, 0.717) is 35.2 Å². The number of para-hydroxylation sites is 1. The molecule has 4 rings (SSSR count). The summed E-state index contributed by atoms with van der Waals surface area (Å²) in [5, 5.41) is 8.33. The molecule has 0 saturated heterocycles. The molecule has 4 aromatic rings. The number of nitrogens with one attached hydrogen (secondary N) is 1. The fraction of sp³-hybridized carbons (Fsp3) is 0.405. The molecule has 0 spiro atoms. The molecule has 0 aliphatic rings. The van der Waals surface area contributed by atoms with E-state index in [0.717, 1.165) is 42.7 Å². The standard InChI is InChI=1S/C37H46ClN3O3/c1-8-36(3,4)27-18-21-34(29(24-27)37(5,6)9-2)44-23-13-12-22-39-35(42)33-25-31(26-16-19-28(43-7)20-17-26)40-41(33)32-15-11-10-14-30(32)38/h10-11,14-21,24-25H,8-9,12-13,22-23H2,1-7H3,(H,39,42). The maximum absolute atomic E-state index is 13.4. The summed E-state index contributed by atoms with van der Waals surface area (Å²) < 4.78 is 13.2. The summed E-state index contributed by atoms with van der Waals surface area (Å²) >= 11 is 6.51. The molecule has 0 saturated carbocycles. The van der Waals surface area contributed by atoms with Gasteiger partial charge in [0, 0.05) is 17.7 Å². The highest BCUT2D eigenvalue weighted by molar-refractivity contribution is 6.32. The minimum Gasteiger partial charge on any atom is -0.497 e. The van der Waals surface area contributed by atoms with Gasteiger partial charge in [0.1, 0.15) is 17.2 Å². The molecule has 0 atom stereocenters. The third kappa shape index (κ3) is 7.65. The first-order valence-electron chi connectivity index (χ1n) is 15.6. The number of amides is 1. The van der Waals surface area contributed by atoms with E-state index in [-0.39, 0.29) is 16.7 Å². The molecule has 3 aromatic carbocycles. The number of halogens is 1. The summed E-state index contributed by atoms with van der Waals surface area (Å²) in [4.78, 5) is 13.4.